The monoisotopic (exact) mass is 215 g/mol. The third-order valence-electron chi connectivity index (χ3n) is 2.09. The summed E-state index contributed by atoms with van der Waals surface area (Å²) in [5.74, 6) is 0.108. The molecular formula is C10H14ClNO2. The van der Waals surface area contributed by atoms with E-state index >= 15 is 0 Å². The summed E-state index contributed by atoms with van der Waals surface area (Å²) >= 11 is 5.59. The van der Waals surface area contributed by atoms with Crippen molar-refractivity contribution in [2.24, 2.45) is 0 Å². The summed E-state index contributed by atoms with van der Waals surface area (Å²) in [6.07, 6.45) is 0. The molecule has 4 heteroatoms. The summed E-state index contributed by atoms with van der Waals surface area (Å²) in [5, 5.41) is 0.232. The van der Waals surface area contributed by atoms with Gasteiger partial charge in [-0.25, -0.2) is 0 Å². The van der Waals surface area contributed by atoms with Gasteiger partial charge in [0.05, 0.1) is 0 Å². The predicted molar refractivity (Wildman–Crippen MR) is 55.6 cm³/mol. The van der Waals surface area contributed by atoms with Crippen LogP contribution in [-0.2, 0) is 0 Å². The van der Waals surface area contributed by atoms with Crippen LogP contribution in [-0.4, -0.2) is 23.4 Å². The molecule has 0 aromatic carbocycles. The van der Waals surface area contributed by atoms with E-state index in [1.54, 1.807) is 24.1 Å². The minimum atomic E-state index is -0.226. The zero-order chi connectivity index (χ0) is 10.9. The lowest BCUT2D eigenvalue weighted by Gasteiger charge is -2.31. The van der Waals surface area contributed by atoms with Gasteiger partial charge in [0, 0.05) is 12.6 Å². The second-order valence-corrected chi connectivity index (χ2v) is 4.51. The summed E-state index contributed by atoms with van der Waals surface area (Å²) in [5.41, 5.74) is -0.226. The van der Waals surface area contributed by atoms with Gasteiger partial charge in [0.2, 0.25) is 0 Å². The Bertz CT molecular complexity index is 338. The molecule has 1 amide bonds. The number of hydrogen-bond donors (Lipinski definition) is 0. The molecule has 0 fully saturated rings. The molecule has 1 rings (SSSR count). The molecule has 0 radical (unpaired) electrons. The minimum absolute atomic E-state index is 0.163. The highest BCUT2D eigenvalue weighted by Crippen LogP contribution is 2.18. The molecule has 0 aliphatic heterocycles. The number of hydrogen-bond acceptors (Lipinski definition) is 2. The maximum absolute atomic E-state index is 11.8. The number of furan rings is 1. The summed E-state index contributed by atoms with van der Waals surface area (Å²) in [4.78, 5) is 13.4. The molecule has 0 bridgehead atoms. The molecule has 0 N–H and O–H groups in total. The molecule has 0 saturated heterocycles. The number of halogens is 1. The average Bonchev–Trinajstić information content (AvgIpc) is 2.47. The Balaban J connectivity index is 2.86. The molecule has 3 nitrogen and oxygen atoms in total. The summed E-state index contributed by atoms with van der Waals surface area (Å²) in [6, 6.07) is 3.14. The van der Waals surface area contributed by atoms with Gasteiger partial charge in [-0.3, -0.25) is 4.79 Å². The number of carbonyl (C=O) groups is 1. The number of rotatable bonds is 1. The number of nitrogens with zero attached hydrogens (tertiary/aromatic N) is 1. The van der Waals surface area contributed by atoms with Gasteiger partial charge in [0.1, 0.15) is 0 Å². The Labute approximate surface area is 88.6 Å². The molecule has 14 heavy (non-hydrogen) atoms. The Kier molecular flexibility index (Phi) is 2.90. The Morgan fingerprint density at radius 3 is 2.36 bits per heavy atom. The van der Waals surface area contributed by atoms with Gasteiger partial charge in [-0.15, -0.1) is 0 Å². The summed E-state index contributed by atoms with van der Waals surface area (Å²) in [7, 11) is 1.73. The highest BCUT2D eigenvalue weighted by atomic mass is 35.5. The standard InChI is InChI=1S/C10H14ClNO2/c1-10(2,3)12(4)9(13)7-5-6-8(11)14-7/h5-6H,1-4H3. The van der Waals surface area contributed by atoms with Crippen LogP contribution in [0.1, 0.15) is 31.3 Å². The van der Waals surface area contributed by atoms with Gasteiger partial charge in [-0.05, 0) is 44.5 Å². The van der Waals surface area contributed by atoms with E-state index in [9.17, 15) is 4.79 Å². The van der Waals surface area contributed by atoms with Gasteiger partial charge in [-0.1, -0.05) is 0 Å². The van der Waals surface area contributed by atoms with Crippen LogP contribution in [0.4, 0.5) is 0 Å². The van der Waals surface area contributed by atoms with Gasteiger partial charge in [-0.2, -0.15) is 0 Å². The fourth-order valence-electron chi connectivity index (χ4n) is 0.899. The molecule has 1 aromatic rings. The predicted octanol–water partition coefficient (Wildman–Crippen LogP) is 2.80. The third kappa shape index (κ3) is 2.29. The molecule has 1 aromatic heterocycles. The van der Waals surface area contributed by atoms with Gasteiger partial charge >= 0.3 is 0 Å². The lowest BCUT2D eigenvalue weighted by molar-refractivity contribution is 0.0623. The Hall–Kier alpha value is -0.960. The van der Waals surface area contributed by atoms with Crippen LogP contribution in [0.5, 0.6) is 0 Å². The minimum Gasteiger partial charge on any atom is -0.440 e. The van der Waals surface area contributed by atoms with E-state index in [0.717, 1.165) is 0 Å². The normalized spacial score (nSPS) is 11.5. The molecule has 0 aliphatic carbocycles. The maximum atomic E-state index is 11.8. The summed E-state index contributed by atoms with van der Waals surface area (Å²) in [6.45, 7) is 5.86. The zero-order valence-corrected chi connectivity index (χ0v) is 9.55. The van der Waals surface area contributed by atoms with E-state index < -0.39 is 0 Å². The average molecular weight is 216 g/mol. The molecule has 1 heterocycles. The van der Waals surface area contributed by atoms with Crippen molar-refractivity contribution in [3.8, 4) is 0 Å². The van der Waals surface area contributed by atoms with E-state index in [0.29, 0.717) is 0 Å². The van der Waals surface area contributed by atoms with Gasteiger partial charge < -0.3 is 9.32 Å². The van der Waals surface area contributed by atoms with E-state index in [2.05, 4.69) is 0 Å². The molecule has 0 saturated carbocycles. The second-order valence-electron chi connectivity index (χ2n) is 4.14. The molecule has 0 atom stereocenters. The Morgan fingerprint density at radius 2 is 2.00 bits per heavy atom. The fourth-order valence-corrected chi connectivity index (χ4v) is 1.05. The largest absolute Gasteiger partial charge is 0.440 e. The van der Waals surface area contributed by atoms with Crippen LogP contribution in [0.3, 0.4) is 0 Å². The van der Waals surface area contributed by atoms with Crippen molar-refractivity contribution in [3.05, 3.63) is 23.1 Å². The quantitative estimate of drug-likeness (QED) is 0.722. The zero-order valence-electron chi connectivity index (χ0n) is 8.80. The van der Waals surface area contributed by atoms with Crippen molar-refractivity contribution < 1.29 is 9.21 Å². The van der Waals surface area contributed by atoms with Crippen LogP contribution >= 0.6 is 11.6 Å². The first-order valence-electron chi connectivity index (χ1n) is 4.36. The summed E-state index contributed by atoms with van der Waals surface area (Å²) < 4.78 is 5.04. The van der Waals surface area contributed by atoms with Gasteiger partial charge in [0.15, 0.2) is 11.0 Å². The molecule has 0 spiro atoms. The first-order valence-corrected chi connectivity index (χ1v) is 4.73. The van der Waals surface area contributed by atoms with Crippen molar-refractivity contribution in [2.75, 3.05) is 7.05 Å². The van der Waals surface area contributed by atoms with E-state index in [1.165, 1.54) is 0 Å². The van der Waals surface area contributed by atoms with Crippen LogP contribution in [0.2, 0.25) is 5.22 Å². The first kappa shape index (κ1) is 11.1. The highest BCUT2D eigenvalue weighted by molar-refractivity contribution is 6.29. The first-order chi connectivity index (χ1) is 6.32. The second kappa shape index (κ2) is 3.65. The number of amides is 1. The topological polar surface area (TPSA) is 33.5 Å². The highest BCUT2D eigenvalue weighted by Gasteiger charge is 2.25. The molecule has 0 aliphatic rings. The Morgan fingerprint density at radius 1 is 1.43 bits per heavy atom. The smallest absolute Gasteiger partial charge is 0.289 e. The molecule has 78 valence electrons. The van der Waals surface area contributed by atoms with Crippen molar-refractivity contribution in [3.63, 3.8) is 0 Å². The maximum Gasteiger partial charge on any atom is 0.289 e. The third-order valence-corrected chi connectivity index (χ3v) is 2.30. The molecular weight excluding hydrogens is 202 g/mol. The van der Waals surface area contributed by atoms with Crippen LogP contribution in [0.15, 0.2) is 16.5 Å². The van der Waals surface area contributed by atoms with Crippen LogP contribution in [0.25, 0.3) is 0 Å². The SMILES string of the molecule is CN(C(=O)c1ccc(Cl)o1)C(C)(C)C. The lowest BCUT2D eigenvalue weighted by atomic mass is 10.1. The van der Waals surface area contributed by atoms with Crippen molar-refractivity contribution in [1.82, 2.24) is 4.90 Å². The fraction of sp³-hybridized carbons (Fsp3) is 0.500. The van der Waals surface area contributed by atoms with E-state index in [-0.39, 0.29) is 22.4 Å². The van der Waals surface area contributed by atoms with Crippen molar-refractivity contribution in [1.29, 1.82) is 0 Å². The van der Waals surface area contributed by atoms with E-state index in [4.69, 9.17) is 16.0 Å². The van der Waals surface area contributed by atoms with Crippen LogP contribution in [0, 0.1) is 0 Å². The number of carbonyl (C=O) groups excluding carboxylic acids is 1. The van der Waals surface area contributed by atoms with E-state index in [1.807, 2.05) is 20.8 Å². The van der Waals surface area contributed by atoms with Crippen LogP contribution < -0.4 is 0 Å². The van der Waals surface area contributed by atoms with Crippen molar-refractivity contribution >= 4 is 17.5 Å². The van der Waals surface area contributed by atoms with Crippen molar-refractivity contribution in [2.45, 2.75) is 26.3 Å². The molecule has 0 unspecified atom stereocenters. The van der Waals surface area contributed by atoms with Gasteiger partial charge in [0.25, 0.3) is 5.91 Å². The lowest BCUT2D eigenvalue weighted by Crippen LogP contribution is -2.42.